The van der Waals surface area contributed by atoms with Gasteiger partial charge in [0.25, 0.3) is 5.56 Å². The number of ether oxygens (including phenoxy) is 3. The van der Waals surface area contributed by atoms with Crippen LogP contribution < -0.4 is 24.4 Å². The largest absolute Gasteiger partial charge is 0.494 e. The molecule has 0 N–H and O–H groups in total. The van der Waals surface area contributed by atoms with Crippen LogP contribution in [-0.2, 0) is 16.1 Å². The average molecular weight is 659 g/mol. The van der Waals surface area contributed by atoms with Gasteiger partial charge in [-0.1, -0.05) is 51.5 Å². The summed E-state index contributed by atoms with van der Waals surface area (Å²) in [6.07, 6.45) is 1.78. The summed E-state index contributed by atoms with van der Waals surface area (Å²) >= 11 is 4.77. The number of halogens is 1. The molecule has 0 amide bonds. The summed E-state index contributed by atoms with van der Waals surface area (Å²) < 4.78 is 19.9. The highest BCUT2D eigenvalue weighted by Gasteiger charge is 2.33. The van der Waals surface area contributed by atoms with E-state index in [-0.39, 0.29) is 18.8 Å². The summed E-state index contributed by atoms with van der Waals surface area (Å²) in [6.45, 7) is 6.42. The van der Waals surface area contributed by atoms with Gasteiger partial charge in [-0.15, -0.1) is 0 Å². The van der Waals surface area contributed by atoms with Gasteiger partial charge in [-0.2, -0.15) is 5.26 Å². The molecule has 0 radical (unpaired) electrons. The van der Waals surface area contributed by atoms with E-state index >= 15 is 0 Å². The van der Waals surface area contributed by atoms with Crippen molar-refractivity contribution < 1.29 is 19.0 Å². The predicted octanol–water partition coefficient (Wildman–Crippen LogP) is 5.41. The van der Waals surface area contributed by atoms with Crippen LogP contribution in [0.5, 0.6) is 11.5 Å². The van der Waals surface area contributed by atoms with Crippen molar-refractivity contribution in [2.24, 2.45) is 4.99 Å². The molecule has 0 aliphatic carbocycles. The van der Waals surface area contributed by atoms with Gasteiger partial charge >= 0.3 is 5.97 Å². The van der Waals surface area contributed by atoms with E-state index in [0.29, 0.717) is 49.8 Å². The standard InChI is InChI=1S/C33H28BrN3O5S/c1-4-40-26-13-10-23(11-14-26)30-29(32(39)41-5-2)20(3)36-33-37(30)31(38)28(43-33)17-24-16-25(34)12-15-27(24)42-19-22-8-6-21(18-35)7-9-22/h6-17,30H,4-5,19H2,1-3H3/b28-17-/t30-/m0/s1. The lowest BCUT2D eigenvalue weighted by atomic mass is 9.96. The van der Waals surface area contributed by atoms with Crippen molar-refractivity contribution in [2.75, 3.05) is 13.2 Å². The second-order valence-corrected chi connectivity index (χ2v) is 11.5. The molecule has 8 nitrogen and oxygen atoms in total. The molecule has 10 heteroatoms. The van der Waals surface area contributed by atoms with Crippen LogP contribution in [0.3, 0.4) is 0 Å². The molecule has 4 aromatic rings. The van der Waals surface area contributed by atoms with E-state index in [0.717, 1.165) is 15.6 Å². The Labute approximate surface area is 260 Å². The fraction of sp³-hybridized carbons (Fsp3) is 0.212. The highest BCUT2D eigenvalue weighted by molar-refractivity contribution is 9.10. The molecule has 3 aromatic carbocycles. The lowest BCUT2D eigenvalue weighted by Crippen LogP contribution is -2.39. The van der Waals surface area contributed by atoms with Crippen molar-refractivity contribution in [3.8, 4) is 17.6 Å². The van der Waals surface area contributed by atoms with E-state index < -0.39 is 12.0 Å². The number of esters is 1. The van der Waals surface area contributed by atoms with Crippen molar-refractivity contribution in [3.63, 3.8) is 0 Å². The van der Waals surface area contributed by atoms with Crippen LogP contribution in [0.1, 0.15) is 49.1 Å². The Bertz CT molecular complexity index is 1920. The van der Waals surface area contributed by atoms with E-state index in [2.05, 4.69) is 27.0 Å². The first-order chi connectivity index (χ1) is 20.8. The van der Waals surface area contributed by atoms with E-state index in [1.165, 1.54) is 11.3 Å². The van der Waals surface area contributed by atoms with E-state index in [9.17, 15) is 9.59 Å². The molecule has 1 aromatic heterocycles. The molecule has 1 atom stereocenters. The summed E-state index contributed by atoms with van der Waals surface area (Å²) in [5, 5.41) is 9.06. The van der Waals surface area contributed by atoms with Gasteiger partial charge in [0.15, 0.2) is 4.80 Å². The van der Waals surface area contributed by atoms with Gasteiger partial charge in [-0.3, -0.25) is 9.36 Å². The van der Waals surface area contributed by atoms with Gasteiger partial charge in [0.05, 0.1) is 46.7 Å². The van der Waals surface area contributed by atoms with Gasteiger partial charge < -0.3 is 14.2 Å². The summed E-state index contributed by atoms with van der Waals surface area (Å²) in [7, 11) is 0. The first-order valence-electron chi connectivity index (χ1n) is 13.7. The van der Waals surface area contributed by atoms with E-state index in [4.69, 9.17) is 19.5 Å². The van der Waals surface area contributed by atoms with Crippen LogP contribution in [0, 0.1) is 11.3 Å². The van der Waals surface area contributed by atoms with Crippen LogP contribution in [0.15, 0.2) is 92.3 Å². The fourth-order valence-corrected chi connectivity index (χ4v) is 6.18. The summed E-state index contributed by atoms with van der Waals surface area (Å²) in [4.78, 5) is 32.3. The summed E-state index contributed by atoms with van der Waals surface area (Å²) in [6, 6.07) is 21.5. The van der Waals surface area contributed by atoms with Crippen LogP contribution in [-0.4, -0.2) is 23.8 Å². The van der Waals surface area contributed by atoms with Gasteiger partial charge in [0, 0.05) is 10.0 Å². The van der Waals surface area contributed by atoms with Crippen molar-refractivity contribution in [2.45, 2.75) is 33.4 Å². The third kappa shape index (κ3) is 6.48. The molecule has 1 aliphatic heterocycles. The number of hydrogen-bond acceptors (Lipinski definition) is 8. The third-order valence-electron chi connectivity index (χ3n) is 6.76. The third-order valence-corrected chi connectivity index (χ3v) is 8.24. The lowest BCUT2D eigenvalue weighted by Gasteiger charge is -2.24. The molecular weight excluding hydrogens is 630 g/mol. The van der Waals surface area contributed by atoms with Crippen LogP contribution in [0.2, 0.25) is 0 Å². The number of carbonyl (C=O) groups excluding carboxylic acids is 1. The molecule has 2 heterocycles. The molecule has 5 rings (SSSR count). The molecular formula is C33H28BrN3O5S. The monoisotopic (exact) mass is 657 g/mol. The van der Waals surface area contributed by atoms with Gasteiger partial charge in [-0.25, -0.2) is 9.79 Å². The summed E-state index contributed by atoms with van der Waals surface area (Å²) in [5.41, 5.74) is 3.46. The highest BCUT2D eigenvalue weighted by atomic mass is 79.9. The second-order valence-electron chi connectivity index (χ2n) is 9.58. The van der Waals surface area contributed by atoms with Crippen molar-refractivity contribution in [1.82, 2.24) is 4.57 Å². The minimum atomic E-state index is -0.720. The average Bonchev–Trinajstić information content (AvgIpc) is 3.30. The van der Waals surface area contributed by atoms with E-state index in [1.807, 2.05) is 61.5 Å². The number of rotatable bonds is 9. The molecule has 0 unspecified atom stereocenters. The number of benzene rings is 3. The number of allylic oxidation sites excluding steroid dienone is 1. The van der Waals surface area contributed by atoms with Crippen LogP contribution in [0.4, 0.5) is 0 Å². The lowest BCUT2D eigenvalue weighted by molar-refractivity contribution is -0.139. The maximum absolute atomic E-state index is 14.0. The molecule has 0 saturated heterocycles. The topological polar surface area (TPSA) is 103 Å². The number of carbonyl (C=O) groups is 1. The van der Waals surface area contributed by atoms with Crippen LogP contribution >= 0.6 is 27.3 Å². The minimum absolute atomic E-state index is 0.199. The summed E-state index contributed by atoms with van der Waals surface area (Å²) in [5.74, 6) is 0.771. The molecule has 43 heavy (non-hydrogen) atoms. The highest BCUT2D eigenvalue weighted by Crippen LogP contribution is 2.32. The zero-order valence-electron chi connectivity index (χ0n) is 23.8. The number of nitrogens with zero attached hydrogens (tertiary/aromatic N) is 3. The number of aromatic nitrogens is 1. The Kier molecular flexibility index (Phi) is 9.24. The van der Waals surface area contributed by atoms with Crippen molar-refractivity contribution in [3.05, 3.63) is 124 Å². The number of fused-ring (bicyclic) bond motifs is 1. The Morgan fingerprint density at radius 1 is 1.07 bits per heavy atom. The van der Waals surface area contributed by atoms with Crippen molar-refractivity contribution in [1.29, 1.82) is 5.26 Å². The minimum Gasteiger partial charge on any atom is -0.494 e. The van der Waals surface area contributed by atoms with Gasteiger partial charge in [0.1, 0.15) is 18.1 Å². The maximum Gasteiger partial charge on any atom is 0.338 e. The quantitative estimate of drug-likeness (QED) is 0.223. The fourth-order valence-electron chi connectivity index (χ4n) is 4.76. The van der Waals surface area contributed by atoms with Crippen molar-refractivity contribution >= 4 is 39.3 Å². The second kappa shape index (κ2) is 13.2. The van der Waals surface area contributed by atoms with Gasteiger partial charge in [-0.05, 0) is 80.4 Å². The predicted molar refractivity (Wildman–Crippen MR) is 168 cm³/mol. The Hall–Kier alpha value is -4.46. The Morgan fingerprint density at radius 2 is 1.81 bits per heavy atom. The van der Waals surface area contributed by atoms with Crippen LogP contribution in [0.25, 0.3) is 6.08 Å². The number of nitriles is 1. The number of thiazole rings is 1. The zero-order chi connectivity index (χ0) is 30.5. The Morgan fingerprint density at radius 3 is 2.49 bits per heavy atom. The molecule has 0 spiro atoms. The first kappa shape index (κ1) is 30.0. The van der Waals surface area contributed by atoms with Gasteiger partial charge in [0.2, 0.25) is 0 Å². The first-order valence-corrected chi connectivity index (χ1v) is 15.3. The Balaban J connectivity index is 1.59. The normalized spacial score (nSPS) is 14.5. The SMILES string of the molecule is CCOC(=O)C1=C(C)N=c2s/c(=C\c3cc(Br)ccc3OCc3ccc(C#N)cc3)c(=O)n2[C@H]1c1ccc(OCC)cc1. The molecule has 0 saturated carbocycles. The molecule has 0 bridgehead atoms. The maximum atomic E-state index is 14.0. The number of hydrogen-bond donors (Lipinski definition) is 0. The smallest absolute Gasteiger partial charge is 0.338 e. The zero-order valence-corrected chi connectivity index (χ0v) is 26.2. The molecule has 0 fully saturated rings. The van der Waals surface area contributed by atoms with E-state index in [1.54, 1.807) is 36.6 Å². The molecule has 218 valence electrons. The molecule has 1 aliphatic rings.